The van der Waals surface area contributed by atoms with Crippen LogP contribution >= 0.6 is 0 Å². The summed E-state index contributed by atoms with van der Waals surface area (Å²) in [5.41, 5.74) is 2.21. The molecule has 1 heterocycles. The molecule has 1 aromatic carbocycles. The normalized spacial score (nSPS) is 15.1. The average molecular weight is 220 g/mol. The van der Waals surface area contributed by atoms with Gasteiger partial charge in [0.05, 0.1) is 0 Å². The Labute approximate surface area is 94.9 Å². The number of nitrogens with one attached hydrogen (secondary N) is 1. The Morgan fingerprint density at radius 2 is 2.00 bits per heavy atom. The first-order valence-corrected chi connectivity index (χ1v) is 5.57. The van der Waals surface area contributed by atoms with Gasteiger partial charge in [0, 0.05) is 25.3 Å². The maximum atomic E-state index is 10.5. The molecule has 2 N–H and O–H groups in total. The molecule has 1 fully saturated rings. The monoisotopic (exact) mass is 220 g/mol. The minimum atomic E-state index is -0.976. The molecule has 1 saturated heterocycles. The molecular weight excluding hydrogens is 204 g/mol. The largest absolute Gasteiger partial charge is 0.465 e. The van der Waals surface area contributed by atoms with Crippen LogP contribution in [0.5, 0.6) is 0 Å². The van der Waals surface area contributed by atoms with Gasteiger partial charge in [0.1, 0.15) is 0 Å². The summed E-state index contributed by atoms with van der Waals surface area (Å²) < 4.78 is 0. The smallest absolute Gasteiger partial charge is 0.404 e. The van der Waals surface area contributed by atoms with Crippen molar-refractivity contribution in [3.8, 4) is 0 Å². The van der Waals surface area contributed by atoms with E-state index in [1.54, 1.807) is 0 Å². The number of para-hydroxylation sites is 1. The molecule has 1 amide bonds. The number of anilines is 1. The van der Waals surface area contributed by atoms with E-state index in [2.05, 4.69) is 16.3 Å². The third-order valence-electron chi connectivity index (χ3n) is 2.87. The third kappa shape index (κ3) is 2.45. The number of hydrogen-bond acceptors (Lipinski definition) is 2. The second-order valence-corrected chi connectivity index (χ2v) is 3.98. The summed E-state index contributed by atoms with van der Waals surface area (Å²) in [5, 5.41) is 11.0. The molecule has 0 radical (unpaired) electrons. The van der Waals surface area contributed by atoms with E-state index in [4.69, 9.17) is 5.11 Å². The molecule has 0 spiro atoms. The van der Waals surface area contributed by atoms with Crippen LogP contribution in [0, 0.1) is 0 Å². The topological polar surface area (TPSA) is 52.6 Å². The average Bonchev–Trinajstić information content (AvgIpc) is 2.80. The van der Waals surface area contributed by atoms with Crippen LogP contribution in [0.4, 0.5) is 10.5 Å². The molecule has 86 valence electrons. The van der Waals surface area contributed by atoms with Gasteiger partial charge in [-0.2, -0.15) is 0 Å². The summed E-state index contributed by atoms with van der Waals surface area (Å²) in [4.78, 5) is 12.8. The molecule has 0 atom stereocenters. The van der Waals surface area contributed by atoms with Gasteiger partial charge >= 0.3 is 6.09 Å². The zero-order valence-corrected chi connectivity index (χ0v) is 9.15. The zero-order chi connectivity index (χ0) is 11.4. The molecule has 2 rings (SSSR count). The first kappa shape index (κ1) is 10.8. The fourth-order valence-electron chi connectivity index (χ4n) is 2.10. The van der Waals surface area contributed by atoms with Gasteiger partial charge < -0.3 is 15.3 Å². The van der Waals surface area contributed by atoms with Crippen LogP contribution < -0.4 is 10.2 Å². The maximum absolute atomic E-state index is 10.5. The molecular formula is C12H16N2O2. The van der Waals surface area contributed by atoms with Gasteiger partial charge in [0.25, 0.3) is 0 Å². The number of nitrogens with zero attached hydrogens (tertiary/aromatic N) is 1. The lowest BCUT2D eigenvalue weighted by molar-refractivity contribution is 0.194. The van der Waals surface area contributed by atoms with Gasteiger partial charge in [0.2, 0.25) is 0 Å². The molecule has 16 heavy (non-hydrogen) atoms. The summed E-state index contributed by atoms with van der Waals surface area (Å²) in [6.07, 6.45) is 1.47. The summed E-state index contributed by atoms with van der Waals surface area (Å²) in [6, 6.07) is 7.98. The highest BCUT2D eigenvalue weighted by Gasteiger charge is 2.15. The van der Waals surface area contributed by atoms with Gasteiger partial charge in [-0.15, -0.1) is 0 Å². The van der Waals surface area contributed by atoms with Crippen LogP contribution in [-0.2, 0) is 6.54 Å². The highest BCUT2D eigenvalue weighted by Crippen LogP contribution is 2.24. The molecule has 1 aliphatic heterocycles. The molecule has 0 unspecified atom stereocenters. The van der Waals surface area contributed by atoms with Gasteiger partial charge in [-0.05, 0) is 24.5 Å². The quantitative estimate of drug-likeness (QED) is 0.819. The van der Waals surface area contributed by atoms with Crippen molar-refractivity contribution in [1.82, 2.24) is 5.32 Å². The predicted octanol–water partition coefficient (Wildman–Crippen LogP) is 2.05. The van der Waals surface area contributed by atoms with Gasteiger partial charge in [-0.3, -0.25) is 0 Å². The van der Waals surface area contributed by atoms with E-state index in [-0.39, 0.29) is 0 Å². The highest BCUT2D eigenvalue weighted by molar-refractivity contribution is 5.65. The lowest BCUT2D eigenvalue weighted by Gasteiger charge is -2.21. The summed E-state index contributed by atoms with van der Waals surface area (Å²) >= 11 is 0. The highest BCUT2D eigenvalue weighted by atomic mass is 16.4. The van der Waals surface area contributed by atoms with Crippen LogP contribution in [0.2, 0.25) is 0 Å². The molecule has 0 bridgehead atoms. The number of hydrogen-bond donors (Lipinski definition) is 2. The first-order chi connectivity index (χ1) is 7.77. The van der Waals surface area contributed by atoms with Crippen LogP contribution in [0.25, 0.3) is 0 Å². The minimum absolute atomic E-state index is 0.377. The fourth-order valence-corrected chi connectivity index (χ4v) is 2.10. The second-order valence-electron chi connectivity index (χ2n) is 3.98. The van der Waals surface area contributed by atoms with Crippen molar-refractivity contribution in [2.45, 2.75) is 19.4 Å². The van der Waals surface area contributed by atoms with Crippen LogP contribution in [-0.4, -0.2) is 24.3 Å². The van der Waals surface area contributed by atoms with Gasteiger partial charge in [-0.1, -0.05) is 18.2 Å². The first-order valence-electron chi connectivity index (χ1n) is 5.57. The van der Waals surface area contributed by atoms with Gasteiger partial charge in [-0.25, -0.2) is 4.79 Å². The predicted molar refractivity (Wildman–Crippen MR) is 62.8 cm³/mol. The summed E-state index contributed by atoms with van der Waals surface area (Å²) in [7, 11) is 0. The third-order valence-corrected chi connectivity index (χ3v) is 2.87. The van der Waals surface area contributed by atoms with E-state index >= 15 is 0 Å². The summed E-state index contributed by atoms with van der Waals surface area (Å²) in [5.74, 6) is 0. The molecule has 4 nitrogen and oxygen atoms in total. The number of carboxylic acid groups (broad SMARTS) is 1. The van der Waals surface area contributed by atoms with E-state index in [1.165, 1.54) is 12.8 Å². The SMILES string of the molecule is O=C(O)NCc1ccccc1N1CCCC1. The van der Waals surface area contributed by atoms with Crippen molar-refractivity contribution >= 4 is 11.8 Å². The van der Waals surface area contributed by atoms with Crippen molar-refractivity contribution in [1.29, 1.82) is 0 Å². The van der Waals surface area contributed by atoms with Gasteiger partial charge in [0.15, 0.2) is 0 Å². The van der Waals surface area contributed by atoms with Crippen molar-refractivity contribution in [2.75, 3.05) is 18.0 Å². The van der Waals surface area contributed by atoms with E-state index in [0.29, 0.717) is 6.54 Å². The maximum Gasteiger partial charge on any atom is 0.404 e. The number of carbonyl (C=O) groups is 1. The Morgan fingerprint density at radius 3 is 2.69 bits per heavy atom. The lowest BCUT2D eigenvalue weighted by Crippen LogP contribution is -2.24. The van der Waals surface area contributed by atoms with E-state index in [1.807, 2.05) is 18.2 Å². The molecule has 0 aromatic heterocycles. The lowest BCUT2D eigenvalue weighted by atomic mass is 10.1. The summed E-state index contributed by atoms with van der Waals surface area (Å²) in [6.45, 7) is 2.52. The minimum Gasteiger partial charge on any atom is -0.465 e. The Morgan fingerprint density at radius 1 is 1.31 bits per heavy atom. The fraction of sp³-hybridized carbons (Fsp3) is 0.417. The van der Waals surface area contributed by atoms with Crippen LogP contribution in [0.15, 0.2) is 24.3 Å². The Hall–Kier alpha value is -1.71. The number of amides is 1. The molecule has 0 aliphatic carbocycles. The van der Waals surface area contributed by atoms with E-state index in [0.717, 1.165) is 24.3 Å². The van der Waals surface area contributed by atoms with E-state index < -0.39 is 6.09 Å². The number of rotatable bonds is 3. The van der Waals surface area contributed by atoms with Crippen molar-refractivity contribution in [2.24, 2.45) is 0 Å². The second kappa shape index (κ2) is 4.88. The van der Waals surface area contributed by atoms with Crippen molar-refractivity contribution in [3.05, 3.63) is 29.8 Å². The molecule has 4 heteroatoms. The molecule has 1 aromatic rings. The van der Waals surface area contributed by atoms with Crippen LogP contribution in [0.3, 0.4) is 0 Å². The Balaban J connectivity index is 2.13. The standard InChI is InChI=1S/C12H16N2O2/c15-12(16)13-9-10-5-1-2-6-11(10)14-7-3-4-8-14/h1-2,5-6,13H,3-4,7-9H2,(H,15,16). The molecule has 0 saturated carbocycles. The van der Waals surface area contributed by atoms with Crippen molar-refractivity contribution in [3.63, 3.8) is 0 Å². The number of benzene rings is 1. The van der Waals surface area contributed by atoms with E-state index in [9.17, 15) is 4.79 Å². The van der Waals surface area contributed by atoms with Crippen LogP contribution in [0.1, 0.15) is 18.4 Å². The van der Waals surface area contributed by atoms with Crippen molar-refractivity contribution < 1.29 is 9.90 Å². The zero-order valence-electron chi connectivity index (χ0n) is 9.15. The molecule has 1 aliphatic rings. The Kier molecular flexibility index (Phi) is 3.29. The Bertz CT molecular complexity index is 373.